The van der Waals surface area contributed by atoms with Gasteiger partial charge >= 0.3 is 0 Å². The van der Waals surface area contributed by atoms with Crippen LogP contribution in [-0.4, -0.2) is 32.7 Å². The Hall–Kier alpha value is -2.89. The van der Waals surface area contributed by atoms with Gasteiger partial charge in [0.05, 0.1) is 6.54 Å². The van der Waals surface area contributed by atoms with Crippen molar-refractivity contribution in [2.45, 2.75) is 59.0 Å². The first-order valence-electron chi connectivity index (χ1n) is 10.3. The molecular weight excluding hydrogens is 366 g/mol. The van der Waals surface area contributed by atoms with Crippen LogP contribution in [0, 0.1) is 0 Å². The molecule has 3 aromatic rings. The van der Waals surface area contributed by atoms with Gasteiger partial charge in [-0.05, 0) is 19.4 Å². The maximum Gasteiger partial charge on any atom is 0.245 e. The number of amides is 1. The van der Waals surface area contributed by atoms with Crippen molar-refractivity contribution in [1.82, 2.24) is 14.5 Å². The Morgan fingerprint density at radius 1 is 1.24 bits per heavy atom. The summed E-state index contributed by atoms with van der Waals surface area (Å²) in [5, 5.41) is 0.894. The summed E-state index contributed by atoms with van der Waals surface area (Å²) in [6.45, 7) is 8.77. The first kappa shape index (κ1) is 19.4. The van der Waals surface area contributed by atoms with Crippen LogP contribution in [0.3, 0.4) is 0 Å². The van der Waals surface area contributed by atoms with Crippen molar-refractivity contribution >= 4 is 22.6 Å². The van der Waals surface area contributed by atoms with Crippen LogP contribution >= 0.6 is 0 Å². The number of carbonyl (C=O) groups is 2. The molecule has 6 nitrogen and oxygen atoms in total. The zero-order valence-corrected chi connectivity index (χ0v) is 17.4. The van der Waals surface area contributed by atoms with Crippen molar-refractivity contribution in [3.63, 3.8) is 0 Å². The average molecular weight is 393 g/mol. The van der Waals surface area contributed by atoms with Crippen LogP contribution in [0.25, 0.3) is 10.9 Å². The van der Waals surface area contributed by atoms with Gasteiger partial charge in [-0.2, -0.15) is 0 Å². The molecular formula is C23H27N3O3. The Kier molecular flexibility index (Phi) is 5.03. The lowest BCUT2D eigenvalue weighted by Crippen LogP contribution is -2.40. The zero-order valence-electron chi connectivity index (χ0n) is 17.4. The van der Waals surface area contributed by atoms with Crippen molar-refractivity contribution in [2.75, 3.05) is 6.54 Å². The molecule has 1 aliphatic heterocycles. The van der Waals surface area contributed by atoms with Crippen LogP contribution in [0.4, 0.5) is 0 Å². The summed E-state index contributed by atoms with van der Waals surface area (Å²) in [6, 6.07) is 7.42. The molecule has 0 radical (unpaired) electrons. The topological polar surface area (TPSA) is 68.3 Å². The first-order valence-corrected chi connectivity index (χ1v) is 10.3. The molecule has 0 spiro atoms. The fourth-order valence-corrected chi connectivity index (χ4v) is 4.10. The van der Waals surface area contributed by atoms with Crippen molar-refractivity contribution in [2.24, 2.45) is 0 Å². The van der Waals surface area contributed by atoms with Crippen molar-refractivity contribution in [3.05, 3.63) is 53.4 Å². The van der Waals surface area contributed by atoms with Gasteiger partial charge in [0.25, 0.3) is 0 Å². The van der Waals surface area contributed by atoms with Crippen LogP contribution < -0.4 is 0 Å². The van der Waals surface area contributed by atoms with Crippen LogP contribution in [0.1, 0.15) is 73.8 Å². The van der Waals surface area contributed by atoms with Gasteiger partial charge in [0.1, 0.15) is 17.5 Å². The second-order valence-electron chi connectivity index (χ2n) is 8.03. The van der Waals surface area contributed by atoms with Crippen molar-refractivity contribution in [3.8, 4) is 0 Å². The average Bonchev–Trinajstić information content (AvgIpc) is 3.30. The Morgan fingerprint density at radius 3 is 2.69 bits per heavy atom. The summed E-state index contributed by atoms with van der Waals surface area (Å²) >= 11 is 0. The highest BCUT2D eigenvalue weighted by Crippen LogP contribution is 2.30. The van der Waals surface area contributed by atoms with E-state index in [0.29, 0.717) is 31.5 Å². The number of Topliss-reactive ketones (excluding diaryl/α,β-unsaturated/α-hetero) is 1. The molecule has 29 heavy (non-hydrogen) atoms. The number of ketones is 1. The van der Waals surface area contributed by atoms with E-state index in [9.17, 15) is 9.59 Å². The number of fused-ring (bicyclic) bond motifs is 2. The molecule has 0 saturated heterocycles. The van der Waals surface area contributed by atoms with Gasteiger partial charge in [-0.15, -0.1) is 0 Å². The second-order valence-corrected chi connectivity index (χ2v) is 8.03. The highest BCUT2D eigenvalue weighted by Gasteiger charge is 2.31. The number of oxazole rings is 1. The number of hydrogen-bond acceptors (Lipinski definition) is 4. The SMILES string of the molecule is CCC(C(=O)N1CCc2oc(C(C)C)nc2C1)n1cc(C(C)=O)c2ccccc21. The van der Waals surface area contributed by atoms with E-state index < -0.39 is 0 Å². The Morgan fingerprint density at radius 2 is 2.00 bits per heavy atom. The molecule has 1 unspecified atom stereocenters. The molecule has 1 atom stereocenters. The molecule has 0 aliphatic carbocycles. The number of para-hydroxylation sites is 1. The van der Waals surface area contributed by atoms with E-state index in [4.69, 9.17) is 4.42 Å². The predicted octanol–water partition coefficient (Wildman–Crippen LogP) is 4.49. The first-order chi connectivity index (χ1) is 13.9. The Balaban J connectivity index is 1.66. The van der Waals surface area contributed by atoms with Gasteiger partial charge in [0.15, 0.2) is 11.7 Å². The van der Waals surface area contributed by atoms with E-state index >= 15 is 0 Å². The summed E-state index contributed by atoms with van der Waals surface area (Å²) < 4.78 is 7.83. The van der Waals surface area contributed by atoms with Gasteiger partial charge in [-0.3, -0.25) is 9.59 Å². The maximum atomic E-state index is 13.5. The van der Waals surface area contributed by atoms with Gasteiger partial charge in [0.2, 0.25) is 5.91 Å². The van der Waals surface area contributed by atoms with E-state index in [-0.39, 0.29) is 23.7 Å². The van der Waals surface area contributed by atoms with Crippen molar-refractivity contribution in [1.29, 1.82) is 0 Å². The van der Waals surface area contributed by atoms with Gasteiger partial charge in [0, 0.05) is 41.5 Å². The number of carbonyl (C=O) groups excluding carboxylic acids is 2. The Labute approximate surface area is 170 Å². The van der Waals surface area contributed by atoms with E-state index in [1.54, 1.807) is 6.92 Å². The van der Waals surface area contributed by atoms with Crippen LogP contribution in [0.2, 0.25) is 0 Å². The minimum absolute atomic E-state index is 0.00804. The summed E-state index contributed by atoms with van der Waals surface area (Å²) in [7, 11) is 0. The third kappa shape index (κ3) is 3.37. The number of rotatable bonds is 5. The largest absolute Gasteiger partial charge is 0.445 e. The highest BCUT2D eigenvalue weighted by atomic mass is 16.4. The summed E-state index contributed by atoms with van der Waals surface area (Å²) in [5.41, 5.74) is 2.44. The van der Waals surface area contributed by atoms with Gasteiger partial charge in [-0.25, -0.2) is 4.98 Å². The van der Waals surface area contributed by atoms with E-state index in [2.05, 4.69) is 18.8 Å². The molecule has 4 rings (SSSR count). The molecule has 0 bridgehead atoms. The van der Waals surface area contributed by atoms with Crippen LogP contribution in [0.5, 0.6) is 0 Å². The fraction of sp³-hybridized carbons (Fsp3) is 0.435. The molecule has 0 fully saturated rings. The fourth-order valence-electron chi connectivity index (χ4n) is 4.10. The summed E-state index contributed by atoms with van der Waals surface area (Å²) in [5.74, 6) is 1.93. The number of benzene rings is 1. The van der Waals surface area contributed by atoms with Crippen LogP contribution in [-0.2, 0) is 17.8 Å². The molecule has 152 valence electrons. The third-order valence-electron chi connectivity index (χ3n) is 5.68. The van der Waals surface area contributed by atoms with Crippen LogP contribution in [0.15, 0.2) is 34.9 Å². The molecule has 0 saturated carbocycles. The smallest absolute Gasteiger partial charge is 0.245 e. The zero-order chi connectivity index (χ0) is 20.7. The normalized spacial score (nSPS) is 15.0. The lowest BCUT2D eigenvalue weighted by atomic mass is 10.1. The number of hydrogen-bond donors (Lipinski definition) is 0. The lowest BCUT2D eigenvalue weighted by Gasteiger charge is -2.30. The molecule has 1 aromatic carbocycles. The van der Waals surface area contributed by atoms with E-state index in [1.165, 1.54) is 0 Å². The number of aromatic nitrogens is 2. The molecule has 1 aliphatic rings. The van der Waals surface area contributed by atoms with Gasteiger partial charge in [-0.1, -0.05) is 39.0 Å². The quantitative estimate of drug-likeness (QED) is 0.599. The molecule has 2 aromatic heterocycles. The third-order valence-corrected chi connectivity index (χ3v) is 5.68. The minimum Gasteiger partial charge on any atom is -0.445 e. The highest BCUT2D eigenvalue weighted by molar-refractivity contribution is 6.07. The van der Waals surface area contributed by atoms with E-state index in [1.807, 2.05) is 46.9 Å². The standard InChI is InChI=1S/C23H27N3O3/c1-5-19(26-12-17(15(4)27)16-8-6-7-9-20(16)26)23(28)25-11-10-21-18(13-25)24-22(29-21)14(2)3/h6-9,12,14,19H,5,10-11,13H2,1-4H3. The van der Waals surface area contributed by atoms with E-state index in [0.717, 1.165) is 28.2 Å². The molecule has 6 heteroatoms. The molecule has 3 heterocycles. The Bertz CT molecular complexity index is 1080. The molecule has 0 N–H and O–H groups in total. The van der Waals surface area contributed by atoms with Gasteiger partial charge < -0.3 is 13.9 Å². The predicted molar refractivity (Wildman–Crippen MR) is 111 cm³/mol. The molecule has 1 amide bonds. The maximum absolute atomic E-state index is 13.5. The minimum atomic E-state index is -0.356. The second kappa shape index (κ2) is 7.50. The number of nitrogens with zero attached hydrogens (tertiary/aromatic N) is 3. The summed E-state index contributed by atoms with van der Waals surface area (Å²) in [6.07, 6.45) is 3.16. The van der Waals surface area contributed by atoms with Crippen molar-refractivity contribution < 1.29 is 14.0 Å². The lowest BCUT2D eigenvalue weighted by molar-refractivity contribution is -0.135. The monoisotopic (exact) mass is 393 g/mol. The summed E-state index contributed by atoms with van der Waals surface area (Å²) in [4.78, 5) is 32.1.